The summed E-state index contributed by atoms with van der Waals surface area (Å²) in [4.78, 5) is 27.3. The normalized spacial score (nSPS) is 14.6. The summed E-state index contributed by atoms with van der Waals surface area (Å²) in [6.45, 7) is 2.20. The molecule has 3 aromatic rings. The first-order valence-electron chi connectivity index (χ1n) is 12.4. The zero-order chi connectivity index (χ0) is 29.9. The number of rotatable bonds is 7. The van der Waals surface area contributed by atoms with Gasteiger partial charge in [0.1, 0.15) is 5.56 Å². The Bertz CT molecular complexity index is 1360. The molecule has 0 atom stereocenters. The number of likely N-dealkylation sites (N-methyl/N-ethyl adjacent to an activating group) is 1. The number of hydrogen-bond acceptors (Lipinski definition) is 7. The van der Waals surface area contributed by atoms with Gasteiger partial charge in [0.15, 0.2) is 11.5 Å². The van der Waals surface area contributed by atoms with Crippen molar-refractivity contribution in [3.05, 3.63) is 70.9 Å². The molecule has 0 spiro atoms. The highest BCUT2D eigenvalue weighted by atomic mass is 19.4. The van der Waals surface area contributed by atoms with Crippen molar-refractivity contribution in [1.82, 2.24) is 19.8 Å². The van der Waals surface area contributed by atoms with Crippen molar-refractivity contribution in [2.24, 2.45) is 0 Å². The standard InChI is InChI=1S/C27H27F6N5O3/c1-36-8-10-38(11-9-36)25-34-15-20(23(35-25)41-22-7-5-4-6-21(22)40-3)24(39)37(2)16-17-12-18(26(28,29)30)14-19(13-17)27(31,32)33/h4-7,12-15H,8-11,16H2,1-3H3. The number of piperazine rings is 1. The predicted molar refractivity (Wildman–Crippen MR) is 137 cm³/mol. The second-order valence-electron chi connectivity index (χ2n) is 9.51. The molecular formula is C27H27F6N5O3. The number of para-hydroxylation sites is 2. The molecule has 8 nitrogen and oxygen atoms in total. The Morgan fingerprint density at radius 1 is 0.951 bits per heavy atom. The number of anilines is 1. The van der Waals surface area contributed by atoms with Crippen molar-refractivity contribution in [1.29, 1.82) is 0 Å². The Morgan fingerprint density at radius 2 is 1.54 bits per heavy atom. The van der Waals surface area contributed by atoms with Gasteiger partial charge in [-0.2, -0.15) is 31.3 Å². The van der Waals surface area contributed by atoms with E-state index in [1.54, 1.807) is 24.3 Å². The Hall–Kier alpha value is -4.07. The van der Waals surface area contributed by atoms with Crippen LogP contribution in [0.4, 0.5) is 32.3 Å². The molecule has 0 aliphatic carbocycles. The molecule has 1 aliphatic heterocycles. The van der Waals surface area contributed by atoms with Crippen LogP contribution in [0.15, 0.2) is 48.7 Å². The molecule has 1 fully saturated rings. The van der Waals surface area contributed by atoms with Gasteiger partial charge in [-0.1, -0.05) is 12.1 Å². The van der Waals surface area contributed by atoms with Gasteiger partial charge >= 0.3 is 12.4 Å². The Morgan fingerprint density at radius 3 is 2.10 bits per heavy atom. The summed E-state index contributed by atoms with van der Waals surface area (Å²) in [6.07, 6.45) is -8.79. The number of carbonyl (C=O) groups is 1. The molecule has 0 radical (unpaired) electrons. The van der Waals surface area contributed by atoms with E-state index < -0.39 is 35.9 Å². The van der Waals surface area contributed by atoms with Gasteiger partial charge in [-0.15, -0.1) is 0 Å². The fourth-order valence-corrected chi connectivity index (χ4v) is 4.21. The zero-order valence-electron chi connectivity index (χ0n) is 22.4. The molecule has 0 N–H and O–H groups in total. The van der Waals surface area contributed by atoms with Crippen LogP contribution in [0.5, 0.6) is 17.4 Å². The minimum atomic E-state index is -5.01. The summed E-state index contributed by atoms with van der Waals surface area (Å²) in [5, 5.41) is 0. The number of alkyl halides is 6. The van der Waals surface area contributed by atoms with Gasteiger partial charge in [0.2, 0.25) is 11.8 Å². The largest absolute Gasteiger partial charge is 0.493 e. The number of hydrogen-bond donors (Lipinski definition) is 0. The summed E-state index contributed by atoms with van der Waals surface area (Å²) in [7, 11) is 4.66. The Kier molecular flexibility index (Phi) is 8.61. The second kappa shape index (κ2) is 11.8. The molecule has 1 amide bonds. The highest BCUT2D eigenvalue weighted by Gasteiger charge is 2.37. The van der Waals surface area contributed by atoms with Crippen molar-refractivity contribution in [3.8, 4) is 17.4 Å². The number of amides is 1. The van der Waals surface area contributed by atoms with Gasteiger partial charge in [-0.3, -0.25) is 4.79 Å². The van der Waals surface area contributed by atoms with Crippen molar-refractivity contribution in [2.75, 3.05) is 52.3 Å². The number of nitrogens with zero attached hydrogens (tertiary/aromatic N) is 5. The minimum Gasteiger partial charge on any atom is -0.493 e. The summed E-state index contributed by atoms with van der Waals surface area (Å²) in [5.41, 5.74) is -3.43. The van der Waals surface area contributed by atoms with Crippen molar-refractivity contribution in [2.45, 2.75) is 18.9 Å². The minimum absolute atomic E-state index is 0.0371. The first kappa shape index (κ1) is 29.9. The molecule has 0 bridgehead atoms. The van der Waals surface area contributed by atoms with E-state index in [1.165, 1.54) is 20.4 Å². The lowest BCUT2D eigenvalue weighted by Crippen LogP contribution is -2.45. The molecule has 4 rings (SSSR count). The van der Waals surface area contributed by atoms with Gasteiger partial charge in [0.25, 0.3) is 5.91 Å². The van der Waals surface area contributed by atoms with Gasteiger partial charge in [-0.05, 0) is 42.9 Å². The van der Waals surface area contributed by atoms with Crippen LogP contribution in [0.2, 0.25) is 0 Å². The molecule has 0 saturated carbocycles. The summed E-state index contributed by atoms with van der Waals surface area (Å²) >= 11 is 0. The monoisotopic (exact) mass is 583 g/mol. The predicted octanol–water partition coefficient (Wildman–Crippen LogP) is 5.34. The summed E-state index contributed by atoms with van der Waals surface area (Å²) in [5.74, 6) is -0.0268. The van der Waals surface area contributed by atoms with E-state index >= 15 is 0 Å². The zero-order valence-corrected chi connectivity index (χ0v) is 22.4. The molecule has 0 unspecified atom stereocenters. The highest BCUT2D eigenvalue weighted by Crippen LogP contribution is 2.37. The van der Waals surface area contributed by atoms with Crippen LogP contribution >= 0.6 is 0 Å². The lowest BCUT2D eigenvalue weighted by atomic mass is 10.0. The molecule has 220 valence electrons. The number of methoxy groups -OCH3 is 1. The smallest absolute Gasteiger partial charge is 0.416 e. The maximum absolute atomic E-state index is 13.5. The molecule has 1 aliphatic rings. The van der Waals surface area contributed by atoms with Crippen LogP contribution in [-0.4, -0.2) is 73.1 Å². The molecule has 2 aromatic carbocycles. The van der Waals surface area contributed by atoms with E-state index in [0.717, 1.165) is 18.0 Å². The molecule has 14 heteroatoms. The van der Waals surface area contributed by atoms with Gasteiger partial charge in [0, 0.05) is 46.0 Å². The lowest BCUT2D eigenvalue weighted by molar-refractivity contribution is -0.143. The lowest BCUT2D eigenvalue weighted by Gasteiger charge is -2.32. The number of ether oxygens (including phenoxy) is 2. The van der Waals surface area contributed by atoms with Crippen LogP contribution in [0, 0.1) is 0 Å². The molecule has 2 heterocycles. The SMILES string of the molecule is COc1ccccc1Oc1nc(N2CCN(C)CC2)ncc1C(=O)N(C)Cc1cc(C(F)(F)F)cc(C(F)(F)F)c1. The maximum atomic E-state index is 13.5. The van der Waals surface area contributed by atoms with E-state index in [9.17, 15) is 31.1 Å². The van der Waals surface area contributed by atoms with Crippen LogP contribution in [0.25, 0.3) is 0 Å². The average molecular weight is 584 g/mol. The third-order valence-corrected chi connectivity index (χ3v) is 6.45. The van der Waals surface area contributed by atoms with Gasteiger partial charge in [0.05, 0.1) is 18.2 Å². The highest BCUT2D eigenvalue weighted by molar-refractivity contribution is 5.96. The number of halogens is 6. The first-order valence-corrected chi connectivity index (χ1v) is 12.4. The van der Waals surface area contributed by atoms with Gasteiger partial charge < -0.3 is 24.2 Å². The van der Waals surface area contributed by atoms with Crippen LogP contribution in [-0.2, 0) is 18.9 Å². The van der Waals surface area contributed by atoms with E-state index in [4.69, 9.17) is 9.47 Å². The second-order valence-corrected chi connectivity index (χ2v) is 9.51. The van der Waals surface area contributed by atoms with Crippen LogP contribution in [0.3, 0.4) is 0 Å². The Balaban J connectivity index is 1.68. The number of aromatic nitrogens is 2. The van der Waals surface area contributed by atoms with E-state index in [-0.39, 0.29) is 28.8 Å². The first-order chi connectivity index (χ1) is 19.3. The van der Waals surface area contributed by atoms with Gasteiger partial charge in [-0.25, -0.2) is 4.98 Å². The molecule has 41 heavy (non-hydrogen) atoms. The third-order valence-electron chi connectivity index (χ3n) is 6.45. The summed E-state index contributed by atoms with van der Waals surface area (Å²) in [6, 6.07) is 7.82. The molecule has 1 saturated heterocycles. The fourth-order valence-electron chi connectivity index (χ4n) is 4.21. The topological polar surface area (TPSA) is 71.0 Å². The molecule has 1 aromatic heterocycles. The van der Waals surface area contributed by atoms with Crippen LogP contribution < -0.4 is 14.4 Å². The van der Waals surface area contributed by atoms with Crippen molar-refractivity contribution in [3.63, 3.8) is 0 Å². The third kappa shape index (κ3) is 7.17. The average Bonchev–Trinajstić information content (AvgIpc) is 2.92. The number of benzene rings is 2. The van der Waals surface area contributed by atoms with E-state index in [0.29, 0.717) is 36.9 Å². The fraction of sp³-hybridized carbons (Fsp3) is 0.370. The van der Waals surface area contributed by atoms with Crippen molar-refractivity contribution < 1.29 is 40.6 Å². The number of carbonyl (C=O) groups excluding carboxylic acids is 1. The van der Waals surface area contributed by atoms with E-state index in [2.05, 4.69) is 14.9 Å². The summed E-state index contributed by atoms with van der Waals surface area (Å²) < 4.78 is 91.3. The van der Waals surface area contributed by atoms with Crippen LogP contribution in [0.1, 0.15) is 27.0 Å². The van der Waals surface area contributed by atoms with Crippen molar-refractivity contribution >= 4 is 11.9 Å². The van der Waals surface area contributed by atoms with E-state index in [1.807, 2.05) is 11.9 Å². The molecular weight excluding hydrogens is 556 g/mol. The quantitative estimate of drug-likeness (QED) is 0.348. The maximum Gasteiger partial charge on any atom is 0.416 e. The Labute approximate surface area is 232 Å².